The van der Waals surface area contributed by atoms with Gasteiger partial charge in [0.25, 0.3) is 0 Å². The number of anilines is 1. The van der Waals surface area contributed by atoms with Gasteiger partial charge in [0.05, 0.1) is 29.5 Å². The Hall–Kier alpha value is -3.56. The largest absolute Gasteiger partial charge is 0.497 e. The van der Waals surface area contributed by atoms with Crippen molar-refractivity contribution in [2.45, 2.75) is 19.1 Å². The minimum absolute atomic E-state index is 0.0778. The van der Waals surface area contributed by atoms with Crippen LogP contribution in [0, 0.1) is 5.92 Å². The molecule has 0 bridgehead atoms. The van der Waals surface area contributed by atoms with Crippen LogP contribution >= 0.6 is 23.1 Å². The fraction of sp³-hybridized carbons (Fsp3) is 0.276. The van der Waals surface area contributed by atoms with E-state index in [1.807, 2.05) is 68.4 Å². The monoisotopic (exact) mass is 546 g/mol. The standard InChI is InChI=1S/C29H30N4O3S2/c1-19(2)15-30-24(34)16-32-25(35)18-38-28(21-13-14-37-17-21)26-27(20-7-5-4-6-8-20)31-33(29(26)32)22-9-11-23(36-3)12-10-22/h4-14,17,19,28H,15-16,18H2,1-3H3,(H,30,34). The summed E-state index contributed by atoms with van der Waals surface area (Å²) in [6, 6.07) is 19.7. The van der Waals surface area contributed by atoms with E-state index in [1.54, 1.807) is 39.8 Å². The van der Waals surface area contributed by atoms with Crippen molar-refractivity contribution in [2.75, 3.05) is 30.9 Å². The first-order valence-electron chi connectivity index (χ1n) is 12.5. The lowest BCUT2D eigenvalue weighted by Gasteiger charge is -2.23. The average molecular weight is 547 g/mol. The zero-order valence-electron chi connectivity index (χ0n) is 21.6. The van der Waals surface area contributed by atoms with Gasteiger partial charge in [0.2, 0.25) is 11.8 Å². The number of thioether (sulfide) groups is 1. The van der Waals surface area contributed by atoms with Crippen LogP contribution in [0.25, 0.3) is 16.9 Å². The van der Waals surface area contributed by atoms with Gasteiger partial charge >= 0.3 is 0 Å². The number of aromatic nitrogens is 2. The quantitative estimate of drug-likeness (QED) is 0.314. The lowest BCUT2D eigenvalue weighted by molar-refractivity contribution is -0.123. The maximum atomic E-state index is 13.7. The molecule has 196 valence electrons. The topological polar surface area (TPSA) is 76.5 Å². The number of fused-ring (bicyclic) bond motifs is 1. The molecule has 2 aromatic carbocycles. The number of benzene rings is 2. The van der Waals surface area contributed by atoms with Crippen molar-refractivity contribution in [3.63, 3.8) is 0 Å². The lowest BCUT2D eigenvalue weighted by atomic mass is 10.0. The second-order valence-corrected chi connectivity index (χ2v) is 11.4. The SMILES string of the molecule is COc1ccc(-n2nc(-c3ccccc3)c3c2N(CC(=O)NCC(C)C)C(=O)CSC3c2ccsc2)cc1. The lowest BCUT2D eigenvalue weighted by Crippen LogP contribution is -2.43. The van der Waals surface area contributed by atoms with Crippen LogP contribution < -0.4 is 15.0 Å². The number of carbonyl (C=O) groups is 2. The smallest absolute Gasteiger partial charge is 0.240 e. The Labute approximate surface area is 230 Å². The van der Waals surface area contributed by atoms with Crippen molar-refractivity contribution in [1.29, 1.82) is 0 Å². The molecule has 3 heterocycles. The summed E-state index contributed by atoms with van der Waals surface area (Å²) in [6.45, 7) is 4.56. The highest BCUT2D eigenvalue weighted by molar-refractivity contribution is 8.00. The van der Waals surface area contributed by atoms with Gasteiger partial charge in [-0.3, -0.25) is 14.5 Å². The van der Waals surface area contributed by atoms with Gasteiger partial charge in [-0.2, -0.15) is 16.4 Å². The zero-order valence-corrected chi connectivity index (χ0v) is 23.2. The Morgan fingerprint density at radius 1 is 1.13 bits per heavy atom. The number of carbonyl (C=O) groups excluding carboxylic acids is 2. The second kappa shape index (κ2) is 11.4. The minimum atomic E-state index is -0.194. The Bertz CT molecular complexity index is 1400. The molecular weight excluding hydrogens is 516 g/mol. The predicted octanol–water partition coefficient (Wildman–Crippen LogP) is 5.55. The van der Waals surface area contributed by atoms with E-state index in [0.717, 1.165) is 33.8 Å². The number of rotatable bonds is 8. The van der Waals surface area contributed by atoms with Crippen LogP contribution in [0.3, 0.4) is 0 Å². The fourth-order valence-corrected chi connectivity index (χ4v) is 6.40. The van der Waals surface area contributed by atoms with Crippen molar-refractivity contribution in [2.24, 2.45) is 5.92 Å². The number of nitrogens with zero attached hydrogens (tertiary/aromatic N) is 3. The van der Waals surface area contributed by atoms with Gasteiger partial charge in [0.1, 0.15) is 18.1 Å². The van der Waals surface area contributed by atoms with Gasteiger partial charge in [-0.15, -0.1) is 11.8 Å². The molecular formula is C29H30N4O3S2. The number of thiophene rings is 1. The van der Waals surface area contributed by atoms with E-state index < -0.39 is 0 Å². The first kappa shape index (κ1) is 26.1. The predicted molar refractivity (Wildman–Crippen MR) is 154 cm³/mol. The number of nitrogens with one attached hydrogen (secondary N) is 1. The van der Waals surface area contributed by atoms with Gasteiger partial charge in [-0.25, -0.2) is 4.68 Å². The number of methoxy groups -OCH3 is 1. The van der Waals surface area contributed by atoms with Crippen LogP contribution in [0.15, 0.2) is 71.4 Å². The molecule has 7 nitrogen and oxygen atoms in total. The number of hydrogen-bond acceptors (Lipinski definition) is 6. The molecule has 1 N–H and O–H groups in total. The Kier molecular flexibility index (Phi) is 7.85. The van der Waals surface area contributed by atoms with Crippen molar-refractivity contribution >= 4 is 40.7 Å². The summed E-state index contributed by atoms with van der Waals surface area (Å²) in [4.78, 5) is 28.3. The summed E-state index contributed by atoms with van der Waals surface area (Å²) in [5.41, 5.74) is 4.57. The van der Waals surface area contributed by atoms with Crippen LogP contribution in [-0.4, -0.2) is 47.5 Å². The molecule has 2 amide bonds. The average Bonchev–Trinajstić information content (AvgIpc) is 3.58. The normalized spacial score (nSPS) is 15.3. The first-order valence-corrected chi connectivity index (χ1v) is 14.5. The molecule has 38 heavy (non-hydrogen) atoms. The molecule has 1 unspecified atom stereocenters. The van der Waals surface area contributed by atoms with Crippen LogP contribution in [0.5, 0.6) is 5.75 Å². The summed E-state index contributed by atoms with van der Waals surface area (Å²) < 4.78 is 7.17. The molecule has 0 spiro atoms. The van der Waals surface area contributed by atoms with E-state index in [0.29, 0.717) is 18.3 Å². The number of ether oxygens (including phenoxy) is 1. The molecule has 2 aromatic heterocycles. The third-order valence-electron chi connectivity index (χ3n) is 6.31. The van der Waals surface area contributed by atoms with Crippen LogP contribution in [-0.2, 0) is 9.59 Å². The molecule has 4 aromatic rings. The second-order valence-electron chi connectivity index (χ2n) is 9.49. The molecule has 1 atom stereocenters. The van der Waals surface area contributed by atoms with Crippen LogP contribution in [0.1, 0.15) is 30.2 Å². The summed E-state index contributed by atoms with van der Waals surface area (Å²) >= 11 is 3.20. The van der Waals surface area contributed by atoms with Crippen LogP contribution in [0.4, 0.5) is 5.82 Å². The Balaban J connectivity index is 1.73. The molecule has 0 saturated carbocycles. The van der Waals surface area contributed by atoms with Gasteiger partial charge in [0, 0.05) is 17.7 Å². The van der Waals surface area contributed by atoms with E-state index in [4.69, 9.17) is 9.84 Å². The third kappa shape index (κ3) is 5.35. The third-order valence-corrected chi connectivity index (χ3v) is 8.26. The zero-order chi connectivity index (χ0) is 26.6. The first-order chi connectivity index (χ1) is 18.5. The summed E-state index contributed by atoms with van der Waals surface area (Å²) in [7, 11) is 1.63. The van der Waals surface area contributed by atoms with Gasteiger partial charge < -0.3 is 10.1 Å². The highest BCUT2D eigenvalue weighted by atomic mass is 32.2. The molecule has 0 fully saturated rings. The summed E-state index contributed by atoms with van der Waals surface area (Å²) in [6.07, 6.45) is 0. The maximum Gasteiger partial charge on any atom is 0.240 e. The Morgan fingerprint density at radius 3 is 2.55 bits per heavy atom. The van der Waals surface area contributed by atoms with E-state index in [1.165, 1.54) is 0 Å². The molecule has 0 saturated heterocycles. The number of amides is 2. The van der Waals surface area contributed by atoms with Crippen molar-refractivity contribution in [1.82, 2.24) is 15.1 Å². The van der Waals surface area contributed by atoms with Crippen LogP contribution in [0.2, 0.25) is 0 Å². The molecule has 0 radical (unpaired) electrons. The minimum Gasteiger partial charge on any atom is -0.497 e. The van der Waals surface area contributed by atoms with Crippen molar-refractivity contribution in [3.05, 3.63) is 82.6 Å². The van der Waals surface area contributed by atoms with Gasteiger partial charge in [0.15, 0.2) is 0 Å². The number of hydrogen-bond donors (Lipinski definition) is 1. The fourth-order valence-electron chi connectivity index (χ4n) is 4.44. The highest BCUT2D eigenvalue weighted by Gasteiger charge is 2.37. The molecule has 5 rings (SSSR count). The van der Waals surface area contributed by atoms with E-state index >= 15 is 0 Å². The summed E-state index contributed by atoms with van der Waals surface area (Å²) in [5.74, 6) is 1.60. The summed E-state index contributed by atoms with van der Waals surface area (Å²) in [5, 5.41) is 12.1. The van der Waals surface area contributed by atoms with Gasteiger partial charge in [-0.05, 0) is 52.6 Å². The highest BCUT2D eigenvalue weighted by Crippen LogP contribution is 2.48. The van der Waals surface area contributed by atoms with Gasteiger partial charge in [-0.1, -0.05) is 44.2 Å². The van der Waals surface area contributed by atoms with E-state index in [2.05, 4.69) is 22.1 Å². The molecule has 1 aliphatic heterocycles. The van der Waals surface area contributed by atoms with Crippen molar-refractivity contribution in [3.8, 4) is 22.7 Å². The molecule has 1 aliphatic rings. The van der Waals surface area contributed by atoms with E-state index in [9.17, 15) is 9.59 Å². The van der Waals surface area contributed by atoms with E-state index in [-0.39, 0.29) is 29.4 Å². The Morgan fingerprint density at radius 2 is 1.89 bits per heavy atom. The molecule has 0 aliphatic carbocycles. The molecule has 9 heteroatoms. The van der Waals surface area contributed by atoms with Crippen molar-refractivity contribution < 1.29 is 14.3 Å². The maximum absolute atomic E-state index is 13.7.